The van der Waals surface area contributed by atoms with Gasteiger partial charge < -0.3 is 14.4 Å². The first-order valence-corrected chi connectivity index (χ1v) is 7.42. The van der Waals surface area contributed by atoms with Crippen LogP contribution in [0.15, 0.2) is 0 Å². The van der Waals surface area contributed by atoms with Crippen molar-refractivity contribution in [2.75, 3.05) is 45.4 Å². The Labute approximate surface area is 125 Å². The standard InChI is InChI=1S/C14H22ClN3O2/c1-19-9-7-18(8-10-20-2)14-16-12-6-4-3-5-11(12)13(15)17-14/h3-10H2,1-2H3. The molecule has 20 heavy (non-hydrogen) atoms. The number of ether oxygens (including phenoxy) is 2. The third-order valence-corrected chi connectivity index (χ3v) is 3.85. The third kappa shape index (κ3) is 3.81. The van der Waals surface area contributed by atoms with Crippen molar-refractivity contribution in [1.82, 2.24) is 9.97 Å². The molecule has 112 valence electrons. The van der Waals surface area contributed by atoms with Gasteiger partial charge in [-0.15, -0.1) is 0 Å². The minimum absolute atomic E-state index is 0.601. The summed E-state index contributed by atoms with van der Waals surface area (Å²) in [7, 11) is 3.38. The Morgan fingerprint density at radius 2 is 1.70 bits per heavy atom. The van der Waals surface area contributed by atoms with E-state index in [4.69, 9.17) is 26.1 Å². The van der Waals surface area contributed by atoms with Crippen LogP contribution in [0, 0.1) is 0 Å². The van der Waals surface area contributed by atoms with E-state index in [-0.39, 0.29) is 0 Å². The van der Waals surface area contributed by atoms with Crippen molar-refractivity contribution >= 4 is 17.5 Å². The molecule has 0 atom stereocenters. The van der Waals surface area contributed by atoms with E-state index < -0.39 is 0 Å². The topological polar surface area (TPSA) is 47.5 Å². The van der Waals surface area contributed by atoms with Gasteiger partial charge in [0, 0.05) is 32.9 Å². The molecule has 0 unspecified atom stereocenters. The number of aryl methyl sites for hydroxylation is 1. The van der Waals surface area contributed by atoms with Gasteiger partial charge in [0.05, 0.1) is 18.9 Å². The molecule has 0 saturated carbocycles. The highest BCUT2D eigenvalue weighted by Crippen LogP contribution is 2.27. The van der Waals surface area contributed by atoms with Crippen molar-refractivity contribution in [1.29, 1.82) is 0 Å². The highest BCUT2D eigenvalue weighted by atomic mass is 35.5. The molecule has 0 saturated heterocycles. The number of nitrogens with zero attached hydrogens (tertiary/aromatic N) is 3. The lowest BCUT2D eigenvalue weighted by Gasteiger charge is -2.24. The molecule has 1 aromatic rings. The van der Waals surface area contributed by atoms with E-state index in [1.54, 1.807) is 14.2 Å². The lowest BCUT2D eigenvalue weighted by molar-refractivity contribution is 0.189. The van der Waals surface area contributed by atoms with Crippen LogP contribution in [-0.2, 0) is 22.3 Å². The molecule has 0 spiro atoms. The Bertz CT molecular complexity index is 435. The van der Waals surface area contributed by atoms with Gasteiger partial charge in [0.2, 0.25) is 5.95 Å². The zero-order valence-corrected chi connectivity index (χ0v) is 12.9. The third-order valence-electron chi connectivity index (χ3n) is 3.53. The number of methoxy groups -OCH3 is 2. The van der Waals surface area contributed by atoms with Crippen molar-refractivity contribution in [3.63, 3.8) is 0 Å². The van der Waals surface area contributed by atoms with Gasteiger partial charge >= 0.3 is 0 Å². The molecule has 0 radical (unpaired) electrons. The molecule has 1 heterocycles. The second-order valence-corrected chi connectivity index (χ2v) is 5.28. The number of fused-ring (bicyclic) bond motifs is 1. The molecule has 0 aromatic carbocycles. The second-order valence-electron chi connectivity index (χ2n) is 4.92. The van der Waals surface area contributed by atoms with Crippen molar-refractivity contribution in [2.24, 2.45) is 0 Å². The molecule has 0 bridgehead atoms. The quantitative estimate of drug-likeness (QED) is 0.722. The zero-order chi connectivity index (χ0) is 14.4. The fourth-order valence-electron chi connectivity index (χ4n) is 2.39. The predicted molar refractivity (Wildman–Crippen MR) is 79.6 cm³/mol. The lowest BCUT2D eigenvalue weighted by atomic mass is 9.97. The van der Waals surface area contributed by atoms with Crippen molar-refractivity contribution in [3.05, 3.63) is 16.4 Å². The predicted octanol–water partition coefficient (Wildman–Crippen LogP) is 2.11. The van der Waals surface area contributed by atoms with Crippen molar-refractivity contribution in [2.45, 2.75) is 25.7 Å². The summed E-state index contributed by atoms with van der Waals surface area (Å²) >= 11 is 6.32. The molecular formula is C14H22ClN3O2. The number of rotatable bonds is 7. The fraction of sp³-hybridized carbons (Fsp3) is 0.714. The first kappa shape index (κ1) is 15.5. The van der Waals surface area contributed by atoms with E-state index >= 15 is 0 Å². The smallest absolute Gasteiger partial charge is 0.227 e. The van der Waals surface area contributed by atoms with Crippen LogP contribution in [0.5, 0.6) is 0 Å². The maximum atomic E-state index is 6.32. The summed E-state index contributed by atoms with van der Waals surface area (Å²) in [5.41, 5.74) is 2.23. The Kier molecular flexibility index (Phi) is 6.01. The highest BCUT2D eigenvalue weighted by molar-refractivity contribution is 6.30. The van der Waals surface area contributed by atoms with Crippen LogP contribution in [0.2, 0.25) is 5.15 Å². The normalized spacial score (nSPS) is 14.2. The Balaban J connectivity index is 2.20. The van der Waals surface area contributed by atoms with Gasteiger partial charge in [0.1, 0.15) is 5.15 Å². The molecule has 1 aliphatic carbocycles. The van der Waals surface area contributed by atoms with Crippen LogP contribution in [-0.4, -0.2) is 50.5 Å². The van der Waals surface area contributed by atoms with Crippen LogP contribution in [0.1, 0.15) is 24.1 Å². The monoisotopic (exact) mass is 299 g/mol. The highest BCUT2D eigenvalue weighted by Gasteiger charge is 2.19. The van der Waals surface area contributed by atoms with Gasteiger partial charge in [0.25, 0.3) is 0 Å². The van der Waals surface area contributed by atoms with Crippen LogP contribution in [0.3, 0.4) is 0 Å². The van der Waals surface area contributed by atoms with E-state index in [1.165, 1.54) is 12.8 Å². The summed E-state index contributed by atoms with van der Waals surface area (Å²) in [6, 6.07) is 0. The Morgan fingerprint density at radius 1 is 1.05 bits per heavy atom. The SMILES string of the molecule is COCCN(CCOC)c1nc(Cl)c2c(n1)CCCC2. The number of anilines is 1. The van der Waals surface area contributed by atoms with Gasteiger partial charge in [-0.1, -0.05) is 11.6 Å². The lowest BCUT2D eigenvalue weighted by Crippen LogP contribution is -2.32. The van der Waals surface area contributed by atoms with Crippen LogP contribution >= 0.6 is 11.6 Å². The number of halogens is 1. The number of hydrogen-bond donors (Lipinski definition) is 0. The van der Waals surface area contributed by atoms with Gasteiger partial charge in [0.15, 0.2) is 0 Å². The van der Waals surface area contributed by atoms with Crippen molar-refractivity contribution < 1.29 is 9.47 Å². The average Bonchev–Trinajstić information content (AvgIpc) is 2.47. The molecule has 0 aliphatic heterocycles. The van der Waals surface area contributed by atoms with Crippen LogP contribution < -0.4 is 4.90 Å². The molecular weight excluding hydrogens is 278 g/mol. The minimum Gasteiger partial charge on any atom is -0.383 e. The maximum Gasteiger partial charge on any atom is 0.227 e. The van der Waals surface area contributed by atoms with E-state index in [0.717, 1.165) is 37.2 Å². The van der Waals surface area contributed by atoms with E-state index in [1.807, 2.05) is 0 Å². The van der Waals surface area contributed by atoms with E-state index in [9.17, 15) is 0 Å². The largest absolute Gasteiger partial charge is 0.383 e. The van der Waals surface area contributed by atoms with E-state index in [0.29, 0.717) is 24.3 Å². The summed E-state index contributed by atoms with van der Waals surface area (Å²) < 4.78 is 10.3. The second kappa shape index (κ2) is 7.76. The number of hydrogen-bond acceptors (Lipinski definition) is 5. The zero-order valence-electron chi connectivity index (χ0n) is 12.2. The molecule has 0 N–H and O–H groups in total. The van der Waals surface area contributed by atoms with Gasteiger partial charge in [-0.25, -0.2) is 9.97 Å². The van der Waals surface area contributed by atoms with Crippen LogP contribution in [0.25, 0.3) is 0 Å². The first-order chi connectivity index (χ1) is 9.76. The summed E-state index contributed by atoms with van der Waals surface area (Å²) in [6.45, 7) is 2.72. The average molecular weight is 300 g/mol. The van der Waals surface area contributed by atoms with Crippen molar-refractivity contribution in [3.8, 4) is 0 Å². The Hall–Kier alpha value is -0.910. The Morgan fingerprint density at radius 3 is 2.35 bits per heavy atom. The minimum atomic E-state index is 0.601. The van der Waals surface area contributed by atoms with Crippen LogP contribution in [0.4, 0.5) is 5.95 Å². The molecule has 0 amide bonds. The summed E-state index contributed by atoms with van der Waals surface area (Å²) in [6.07, 6.45) is 4.33. The fourth-order valence-corrected chi connectivity index (χ4v) is 2.67. The molecule has 0 fully saturated rings. The summed E-state index contributed by atoms with van der Waals surface area (Å²) in [4.78, 5) is 11.2. The van der Waals surface area contributed by atoms with Gasteiger partial charge in [-0.3, -0.25) is 0 Å². The maximum absolute atomic E-state index is 6.32. The van der Waals surface area contributed by atoms with Gasteiger partial charge in [-0.05, 0) is 25.7 Å². The molecule has 2 rings (SSSR count). The summed E-state index contributed by atoms with van der Waals surface area (Å²) in [5, 5.41) is 0.601. The van der Waals surface area contributed by atoms with E-state index in [2.05, 4.69) is 9.88 Å². The molecule has 6 heteroatoms. The first-order valence-electron chi connectivity index (χ1n) is 7.04. The molecule has 5 nitrogen and oxygen atoms in total. The molecule has 1 aromatic heterocycles. The number of aromatic nitrogens is 2. The van der Waals surface area contributed by atoms with Gasteiger partial charge in [-0.2, -0.15) is 0 Å². The molecule has 1 aliphatic rings. The summed E-state index contributed by atoms with van der Waals surface area (Å²) in [5.74, 6) is 0.685.